The molecule has 2 heterocycles. The lowest BCUT2D eigenvalue weighted by atomic mass is 9.65. The molecule has 1 saturated heterocycles. The summed E-state index contributed by atoms with van der Waals surface area (Å²) in [5.41, 5.74) is 6.56. The molecule has 4 aromatic carbocycles. The Morgan fingerprint density at radius 3 is 1.78 bits per heavy atom. The average molecular weight is 608 g/mol. The van der Waals surface area contributed by atoms with E-state index in [2.05, 4.69) is 146 Å². The Bertz CT molecular complexity index is 1690. The molecule has 1 fully saturated rings. The van der Waals surface area contributed by atoms with Crippen molar-refractivity contribution in [3.63, 3.8) is 0 Å². The van der Waals surface area contributed by atoms with Gasteiger partial charge in [0, 0.05) is 29.7 Å². The van der Waals surface area contributed by atoms with E-state index in [1.807, 2.05) is 30.5 Å². The van der Waals surface area contributed by atoms with Gasteiger partial charge in [0.2, 0.25) is 5.78 Å². The van der Waals surface area contributed by atoms with Crippen molar-refractivity contribution in [2.75, 3.05) is 11.6 Å². The van der Waals surface area contributed by atoms with E-state index >= 15 is 0 Å². The highest BCUT2D eigenvalue weighted by molar-refractivity contribution is 6.28. The smallest absolute Gasteiger partial charge is 0.219 e. The van der Waals surface area contributed by atoms with Gasteiger partial charge in [-0.3, -0.25) is 19.5 Å². The number of aldehydes is 1. The average Bonchev–Trinajstić information content (AvgIpc) is 3.35. The lowest BCUT2D eigenvalue weighted by Crippen LogP contribution is -2.51. The minimum Gasteiger partial charge on any atom is -0.346 e. The maximum atomic E-state index is 13.3. The molecule has 6 rings (SSSR count). The maximum Gasteiger partial charge on any atom is 0.219 e. The first kappa shape index (κ1) is 31.1. The molecule has 0 amide bonds. The number of anilines is 1. The molecular formula is C41H41N3O2. The Morgan fingerprint density at radius 2 is 1.30 bits per heavy atom. The topological polar surface area (TPSA) is 53.5 Å². The predicted molar refractivity (Wildman–Crippen MR) is 185 cm³/mol. The third kappa shape index (κ3) is 5.56. The largest absolute Gasteiger partial charge is 0.346 e. The number of carbonyl (C=O) groups excluding carboxylic acids is 2. The van der Waals surface area contributed by atoms with Gasteiger partial charge in [0.15, 0.2) is 6.29 Å². The van der Waals surface area contributed by atoms with Crippen LogP contribution in [0.25, 0.3) is 0 Å². The van der Waals surface area contributed by atoms with Gasteiger partial charge in [-0.15, -0.1) is 0 Å². The van der Waals surface area contributed by atoms with Crippen molar-refractivity contribution in [2.24, 2.45) is 0 Å². The third-order valence-electron chi connectivity index (χ3n) is 9.57. The van der Waals surface area contributed by atoms with Crippen molar-refractivity contribution in [3.05, 3.63) is 167 Å². The molecule has 1 aliphatic heterocycles. The second kappa shape index (κ2) is 12.9. The van der Waals surface area contributed by atoms with Crippen LogP contribution in [-0.2, 0) is 21.5 Å². The number of benzene rings is 4. The molecular weight excluding hydrogens is 566 g/mol. The number of hydrogen-bond acceptors (Lipinski definition) is 5. The molecule has 0 radical (unpaired) electrons. The van der Waals surface area contributed by atoms with Crippen molar-refractivity contribution in [1.29, 1.82) is 0 Å². The van der Waals surface area contributed by atoms with Crippen LogP contribution in [0.15, 0.2) is 134 Å². The van der Waals surface area contributed by atoms with Crippen molar-refractivity contribution in [1.82, 2.24) is 9.88 Å². The summed E-state index contributed by atoms with van der Waals surface area (Å²) in [5, 5.41) is 0. The summed E-state index contributed by atoms with van der Waals surface area (Å²) < 4.78 is 0. The normalized spacial score (nSPS) is 16.5. The van der Waals surface area contributed by atoms with E-state index in [4.69, 9.17) is 0 Å². The van der Waals surface area contributed by atoms with Crippen LogP contribution in [0.2, 0.25) is 0 Å². The number of nitrogens with zero attached hydrogens (tertiary/aromatic N) is 3. The van der Waals surface area contributed by atoms with Crippen molar-refractivity contribution in [3.8, 4) is 0 Å². The van der Waals surface area contributed by atoms with Crippen LogP contribution in [0.3, 0.4) is 0 Å². The molecule has 1 unspecified atom stereocenters. The molecule has 0 spiro atoms. The molecule has 1 aliphatic rings. The molecule has 1 aromatic heterocycles. The standard InChI is InChI=1S/C41H41N3O2/c1-30(2)37-26-31(24-25-42-37)27-43-29-44(39(38(46)28-45)40(43,3)4)36-22-20-35(21-23-36)41(32-14-8-5-9-15-32,33-16-10-6-11-17-33)34-18-12-7-13-19-34/h5-26,28,30,39H,27,29H2,1-4H3. The predicted octanol–water partition coefficient (Wildman–Crippen LogP) is 7.78. The van der Waals surface area contributed by atoms with Crippen LogP contribution in [0, 0.1) is 0 Å². The van der Waals surface area contributed by atoms with Gasteiger partial charge in [-0.1, -0.05) is 117 Å². The SMILES string of the molecule is CC(C)c1cc(CN2CN(c3ccc(C(c4ccccc4)(c4ccccc4)c4ccccc4)cc3)C(C(=O)C=O)C2(C)C)ccn1. The maximum absolute atomic E-state index is 13.3. The van der Waals surface area contributed by atoms with E-state index < -0.39 is 22.8 Å². The fourth-order valence-corrected chi connectivity index (χ4v) is 7.15. The zero-order valence-corrected chi connectivity index (χ0v) is 27.0. The number of ketones is 1. The van der Waals surface area contributed by atoms with E-state index in [1.54, 1.807) is 0 Å². The highest BCUT2D eigenvalue weighted by Crippen LogP contribution is 2.46. The van der Waals surface area contributed by atoms with Crippen molar-refractivity contribution < 1.29 is 9.59 Å². The van der Waals surface area contributed by atoms with Gasteiger partial charge >= 0.3 is 0 Å². The molecule has 0 saturated carbocycles. The van der Waals surface area contributed by atoms with Crippen LogP contribution >= 0.6 is 0 Å². The van der Waals surface area contributed by atoms with Gasteiger partial charge in [0.1, 0.15) is 6.04 Å². The molecule has 46 heavy (non-hydrogen) atoms. The van der Waals surface area contributed by atoms with E-state index in [0.717, 1.165) is 22.5 Å². The molecule has 1 atom stereocenters. The van der Waals surface area contributed by atoms with Gasteiger partial charge in [-0.2, -0.15) is 0 Å². The number of rotatable bonds is 10. The Hall–Kier alpha value is -4.87. The van der Waals surface area contributed by atoms with E-state index in [9.17, 15) is 9.59 Å². The Balaban J connectivity index is 1.43. The number of Topliss-reactive ketones (excluding diaryl/α,β-unsaturated/α-hetero) is 1. The number of carbonyl (C=O) groups is 2. The lowest BCUT2D eigenvalue weighted by molar-refractivity contribution is -0.131. The zero-order chi connectivity index (χ0) is 32.3. The first-order valence-electron chi connectivity index (χ1n) is 16.0. The fourth-order valence-electron chi connectivity index (χ4n) is 7.15. The minimum atomic E-state index is -0.621. The molecule has 5 aromatic rings. The second-order valence-corrected chi connectivity index (χ2v) is 13.0. The van der Waals surface area contributed by atoms with Crippen LogP contribution in [-0.4, -0.2) is 40.2 Å². The second-order valence-electron chi connectivity index (χ2n) is 13.0. The summed E-state index contributed by atoms with van der Waals surface area (Å²) in [6, 6.07) is 44.0. The molecule has 0 bridgehead atoms. The van der Waals surface area contributed by atoms with Crippen molar-refractivity contribution >= 4 is 17.8 Å². The molecule has 5 heteroatoms. The molecule has 0 N–H and O–H groups in total. The summed E-state index contributed by atoms with van der Waals surface area (Å²) in [6.07, 6.45) is 2.34. The van der Waals surface area contributed by atoms with Gasteiger partial charge in [-0.05, 0) is 71.8 Å². The molecule has 5 nitrogen and oxygen atoms in total. The summed E-state index contributed by atoms with van der Waals surface area (Å²) in [5.74, 6) is -0.0953. The number of hydrogen-bond donors (Lipinski definition) is 0. The Morgan fingerprint density at radius 1 is 0.804 bits per heavy atom. The Kier molecular flexibility index (Phi) is 8.70. The minimum absolute atomic E-state index is 0.320. The summed E-state index contributed by atoms with van der Waals surface area (Å²) in [4.78, 5) is 34.2. The fraction of sp³-hybridized carbons (Fsp3) is 0.244. The van der Waals surface area contributed by atoms with E-state index in [-0.39, 0.29) is 0 Å². The molecule has 0 aliphatic carbocycles. The van der Waals surface area contributed by atoms with E-state index in [0.29, 0.717) is 25.4 Å². The molecule has 232 valence electrons. The van der Waals surface area contributed by atoms with Crippen molar-refractivity contribution in [2.45, 2.75) is 57.2 Å². The highest BCUT2D eigenvalue weighted by Gasteiger charge is 2.50. The lowest BCUT2D eigenvalue weighted by Gasteiger charge is -2.37. The van der Waals surface area contributed by atoms with Crippen LogP contribution < -0.4 is 4.90 Å². The van der Waals surface area contributed by atoms with Gasteiger partial charge < -0.3 is 4.90 Å². The van der Waals surface area contributed by atoms with Gasteiger partial charge in [0.25, 0.3) is 0 Å². The quantitative estimate of drug-likeness (QED) is 0.0922. The van der Waals surface area contributed by atoms with Gasteiger partial charge in [-0.25, -0.2) is 0 Å². The zero-order valence-electron chi connectivity index (χ0n) is 27.0. The van der Waals surface area contributed by atoms with Crippen LogP contribution in [0.5, 0.6) is 0 Å². The van der Waals surface area contributed by atoms with Gasteiger partial charge in [0.05, 0.1) is 12.1 Å². The monoisotopic (exact) mass is 607 g/mol. The summed E-state index contributed by atoms with van der Waals surface area (Å²) in [6.45, 7) is 9.55. The number of pyridine rings is 1. The van der Waals surface area contributed by atoms with Crippen LogP contribution in [0.4, 0.5) is 5.69 Å². The first-order chi connectivity index (χ1) is 22.3. The first-order valence-corrected chi connectivity index (χ1v) is 16.0. The van der Waals surface area contributed by atoms with E-state index in [1.165, 1.54) is 16.7 Å². The van der Waals surface area contributed by atoms with Crippen LogP contribution in [0.1, 0.15) is 67.1 Å². The number of aromatic nitrogens is 1. The Labute approximate surface area is 272 Å². The highest BCUT2D eigenvalue weighted by atomic mass is 16.2. The summed E-state index contributed by atoms with van der Waals surface area (Å²) in [7, 11) is 0. The third-order valence-corrected chi connectivity index (χ3v) is 9.57. The summed E-state index contributed by atoms with van der Waals surface area (Å²) >= 11 is 0.